The number of nitrogens with one attached hydrogen (secondary N) is 2. The van der Waals surface area contributed by atoms with Crippen LogP contribution >= 0.6 is 11.3 Å². The first-order chi connectivity index (χ1) is 14.5. The third-order valence-corrected chi connectivity index (χ3v) is 6.40. The lowest BCUT2D eigenvalue weighted by Crippen LogP contribution is -2.48. The fourth-order valence-electron chi connectivity index (χ4n) is 3.57. The molecule has 164 valence electrons. The average Bonchev–Trinajstić information content (AvgIpc) is 3.05. The van der Waals surface area contributed by atoms with Crippen LogP contribution in [0.1, 0.15) is 40.9 Å². The molecular weight excluding hydrogens is 401 g/mol. The zero-order valence-electron chi connectivity index (χ0n) is 18.3. The van der Waals surface area contributed by atoms with Crippen molar-refractivity contribution in [1.82, 2.24) is 20.5 Å². The van der Waals surface area contributed by atoms with Gasteiger partial charge in [-0.1, -0.05) is 6.07 Å². The summed E-state index contributed by atoms with van der Waals surface area (Å²) in [6.45, 7) is 10.3. The van der Waals surface area contributed by atoms with Gasteiger partial charge in [-0.25, -0.2) is 14.4 Å². The van der Waals surface area contributed by atoms with Gasteiger partial charge in [0, 0.05) is 37.1 Å². The van der Waals surface area contributed by atoms with Gasteiger partial charge in [0.2, 0.25) is 0 Å². The van der Waals surface area contributed by atoms with Gasteiger partial charge < -0.3 is 15.4 Å². The van der Waals surface area contributed by atoms with E-state index in [0.29, 0.717) is 18.3 Å². The van der Waals surface area contributed by atoms with Crippen LogP contribution in [0.5, 0.6) is 5.75 Å². The Kier molecular flexibility index (Phi) is 8.04. The molecular formula is C22H32FN5OS. The van der Waals surface area contributed by atoms with Crippen LogP contribution in [0.3, 0.4) is 0 Å². The molecule has 0 bridgehead atoms. The molecule has 3 rings (SSSR count). The molecule has 2 aromatic rings. The summed E-state index contributed by atoms with van der Waals surface area (Å²) in [6, 6.07) is 5.58. The van der Waals surface area contributed by atoms with Crippen LogP contribution in [0.2, 0.25) is 0 Å². The van der Waals surface area contributed by atoms with Gasteiger partial charge in [-0.3, -0.25) is 4.90 Å². The van der Waals surface area contributed by atoms with Gasteiger partial charge in [-0.15, -0.1) is 11.3 Å². The molecule has 2 heterocycles. The van der Waals surface area contributed by atoms with Crippen molar-refractivity contribution in [2.45, 2.75) is 52.7 Å². The van der Waals surface area contributed by atoms with Crippen LogP contribution in [0.4, 0.5) is 4.39 Å². The van der Waals surface area contributed by atoms with Crippen LogP contribution in [0.15, 0.2) is 23.2 Å². The van der Waals surface area contributed by atoms with Gasteiger partial charge in [0.25, 0.3) is 0 Å². The van der Waals surface area contributed by atoms with Crippen molar-refractivity contribution in [2.75, 3.05) is 26.7 Å². The fraction of sp³-hybridized carbons (Fsp3) is 0.545. The van der Waals surface area contributed by atoms with Crippen molar-refractivity contribution in [3.8, 4) is 5.75 Å². The molecule has 1 aliphatic rings. The second kappa shape index (κ2) is 10.7. The number of nitrogens with zero attached hydrogens (tertiary/aromatic N) is 3. The van der Waals surface area contributed by atoms with E-state index in [1.165, 1.54) is 12.0 Å². The molecule has 1 aromatic carbocycles. The third-order valence-electron chi connectivity index (χ3n) is 5.34. The number of hydrogen-bond donors (Lipinski definition) is 2. The fourth-order valence-corrected chi connectivity index (χ4v) is 4.43. The molecule has 1 fully saturated rings. The molecule has 0 atom stereocenters. The summed E-state index contributed by atoms with van der Waals surface area (Å²) in [6.07, 6.45) is 2.05. The van der Waals surface area contributed by atoms with Gasteiger partial charge >= 0.3 is 0 Å². The van der Waals surface area contributed by atoms with Gasteiger partial charge in [0.1, 0.15) is 5.01 Å². The SMILES string of the molecule is CCNC(=NCc1nc(C)c(C)s1)NC1CCN(Cc2ccc(OC)c(F)c2)CC1. The Morgan fingerprint density at radius 3 is 2.70 bits per heavy atom. The summed E-state index contributed by atoms with van der Waals surface area (Å²) in [5, 5.41) is 7.95. The van der Waals surface area contributed by atoms with E-state index in [2.05, 4.69) is 34.4 Å². The van der Waals surface area contributed by atoms with Crippen molar-refractivity contribution in [3.63, 3.8) is 0 Å². The molecule has 0 radical (unpaired) electrons. The first-order valence-electron chi connectivity index (χ1n) is 10.5. The number of guanidine groups is 1. The number of hydrogen-bond acceptors (Lipinski definition) is 5. The van der Waals surface area contributed by atoms with Crippen LogP contribution in [0, 0.1) is 19.7 Å². The van der Waals surface area contributed by atoms with Crippen molar-refractivity contribution >= 4 is 17.3 Å². The number of thiazole rings is 1. The Labute approximate surface area is 182 Å². The van der Waals surface area contributed by atoms with Gasteiger partial charge in [-0.05, 0) is 51.3 Å². The van der Waals surface area contributed by atoms with Gasteiger partial charge in [0.05, 0.1) is 19.3 Å². The van der Waals surface area contributed by atoms with Crippen LogP contribution in [-0.4, -0.2) is 48.6 Å². The molecule has 1 aromatic heterocycles. The highest BCUT2D eigenvalue weighted by molar-refractivity contribution is 7.11. The summed E-state index contributed by atoms with van der Waals surface area (Å²) in [7, 11) is 1.49. The number of aromatic nitrogens is 1. The highest BCUT2D eigenvalue weighted by atomic mass is 32.1. The molecule has 0 saturated carbocycles. The number of methoxy groups -OCH3 is 1. The Morgan fingerprint density at radius 1 is 1.33 bits per heavy atom. The quantitative estimate of drug-likeness (QED) is 0.516. The first kappa shape index (κ1) is 22.5. The molecule has 0 aliphatic carbocycles. The molecule has 0 amide bonds. The molecule has 6 nitrogen and oxygen atoms in total. The topological polar surface area (TPSA) is 61.8 Å². The van der Waals surface area contributed by atoms with E-state index in [-0.39, 0.29) is 5.82 Å². The van der Waals surface area contributed by atoms with Crippen molar-refractivity contribution < 1.29 is 9.13 Å². The Balaban J connectivity index is 1.50. The number of aliphatic imine (C=N–C) groups is 1. The predicted molar refractivity (Wildman–Crippen MR) is 121 cm³/mol. The van der Waals surface area contributed by atoms with Crippen LogP contribution in [0.25, 0.3) is 0 Å². The lowest BCUT2D eigenvalue weighted by atomic mass is 10.0. The van der Waals surface area contributed by atoms with Crippen LogP contribution < -0.4 is 15.4 Å². The molecule has 1 aliphatic heterocycles. The van der Waals surface area contributed by atoms with E-state index in [0.717, 1.165) is 61.2 Å². The molecule has 0 unspecified atom stereocenters. The summed E-state index contributed by atoms with van der Waals surface area (Å²) in [4.78, 5) is 12.9. The lowest BCUT2D eigenvalue weighted by molar-refractivity contribution is 0.198. The van der Waals surface area contributed by atoms with Gasteiger partial charge in [0.15, 0.2) is 17.5 Å². The average molecular weight is 434 g/mol. The van der Waals surface area contributed by atoms with Crippen LogP contribution in [-0.2, 0) is 13.1 Å². The second-order valence-corrected chi connectivity index (χ2v) is 8.90. The number of likely N-dealkylation sites (tertiary alicyclic amines) is 1. The Hall–Kier alpha value is -2.19. The summed E-state index contributed by atoms with van der Waals surface area (Å²) < 4.78 is 18.9. The van der Waals surface area contributed by atoms with E-state index < -0.39 is 0 Å². The molecule has 0 spiro atoms. The minimum absolute atomic E-state index is 0.292. The highest BCUT2D eigenvalue weighted by Gasteiger charge is 2.20. The monoisotopic (exact) mass is 433 g/mol. The normalized spacial score (nSPS) is 16.0. The lowest BCUT2D eigenvalue weighted by Gasteiger charge is -2.33. The number of benzene rings is 1. The minimum Gasteiger partial charge on any atom is -0.494 e. The third kappa shape index (κ3) is 6.15. The smallest absolute Gasteiger partial charge is 0.191 e. The number of aryl methyl sites for hydroxylation is 2. The number of rotatable bonds is 7. The Bertz CT molecular complexity index is 842. The van der Waals surface area contributed by atoms with E-state index in [4.69, 9.17) is 9.73 Å². The zero-order valence-corrected chi connectivity index (χ0v) is 19.1. The number of piperidine rings is 1. The van der Waals surface area contributed by atoms with E-state index in [1.807, 2.05) is 13.0 Å². The number of halogens is 1. The van der Waals surface area contributed by atoms with E-state index >= 15 is 0 Å². The summed E-state index contributed by atoms with van der Waals surface area (Å²) in [5.74, 6) is 0.835. The standard InChI is InChI=1S/C22H32FN5OS/c1-5-24-22(25-13-21-26-15(2)16(3)30-21)27-18-8-10-28(11-9-18)14-17-6-7-20(29-4)19(23)12-17/h6-7,12,18H,5,8-11,13-14H2,1-4H3,(H2,24,25,27). The molecule has 1 saturated heterocycles. The maximum absolute atomic E-state index is 13.9. The van der Waals surface area contributed by atoms with Crippen molar-refractivity contribution in [1.29, 1.82) is 0 Å². The Morgan fingerprint density at radius 2 is 2.10 bits per heavy atom. The second-order valence-electron chi connectivity index (χ2n) is 7.61. The molecule has 8 heteroatoms. The predicted octanol–water partition coefficient (Wildman–Crippen LogP) is 3.63. The van der Waals surface area contributed by atoms with E-state index in [1.54, 1.807) is 23.5 Å². The number of ether oxygens (including phenoxy) is 1. The molecule has 30 heavy (non-hydrogen) atoms. The first-order valence-corrected chi connectivity index (χ1v) is 11.3. The van der Waals surface area contributed by atoms with Crippen molar-refractivity contribution in [3.05, 3.63) is 45.2 Å². The molecule has 2 N–H and O–H groups in total. The zero-order chi connectivity index (χ0) is 21.5. The van der Waals surface area contributed by atoms with Gasteiger partial charge in [-0.2, -0.15) is 0 Å². The maximum atomic E-state index is 13.9. The maximum Gasteiger partial charge on any atom is 0.191 e. The van der Waals surface area contributed by atoms with E-state index in [9.17, 15) is 4.39 Å². The van der Waals surface area contributed by atoms with Crippen molar-refractivity contribution in [2.24, 2.45) is 4.99 Å². The largest absolute Gasteiger partial charge is 0.494 e. The summed E-state index contributed by atoms with van der Waals surface area (Å²) in [5.41, 5.74) is 2.07. The minimum atomic E-state index is -0.302. The summed E-state index contributed by atoms with van der Waals surface area (Å²) >= 11 is 1.71. The highest BCUT2D eigenvalue weighted by Crippen LogP contribution is 2.20.